The topological polar surface area (TPSA) is 107 Å². The summed E-state index contributed by atoms with van der Waals surface area (Å²) >= 11 is 0. The Bertz CT molecular complexity index is 842. The summed E-state index contributed by atoms with van der Waals surface area (Å²) in [5, 5.41) is 27.7. The number of carboxylic acid groups (broad SMARTS) is 1. The van der Waals surface area contributed by atoms with Crippen LogP contribution in [0.2, 0.25) is 6.32 Å². The first-order valence-electron chi connectivity index (χ1n) is 10.6. The first-order valence-corrected chi connectivity index (χ1v) is 10.6. The van der Waals surface area contributed by atoms with Gasteiger partial charge in [0.25, 0.3) is 0 Å². The summed E-state index contributed by atoms with van der Waals surface area (Å²) in [4.78, 5) is 14.1. The van der Waals surface area contributed by atoms with E-state index in [1.165, 1.54) is 5.56 Å². The second-order valence-corrected chi connectivity index (χ2v) is 8.42. The van der Waals surface area contributed by atoms with Gasteiger partial charge in [0.15, 0.2) is 0 Å². The van der Waals surface area contributed by atoms with Crippen LogP contribution in [0.3, 0.4) is 0 Å². The van der Waals surface area contributed by atoms with E-state index in [2.05, 4.69) is 35.2 Å². The Kier molecular flexibility index (Phi) is 7.18. The van der Waals surface area contributed by atoms with Crippen LogP contribution in [0.5, 0.6) is 0 Å². The number of hydrogen-bond donors (Lipinski definition) is 4. The minimum atomic E-state index is -1.35. The molecule has 0 radical (unpaired) electrons. The van der Waals surface area contributed by atoms with Crippen molar-refractivity contribution < 1.29 is 19.9 Å². The lowest BCUT2D eigenvalue weighted by Gasteiger charge is -2.48. The molecule has 7 heteroatoms. The van der Waals surface area contributed by atoms with Gasteiger partial charge in [-0.25, -0.2) is 0 Å². The second-order valence-electron chi connectivity index (χ2n) is 8.42. The van der Waals surface area contributed by atoms with Gasteiger partial charge in [0.2, 0.25) is 0 Å². The fraction of sp³-hybridized carbons (Fsp3) is 0.435. The van der Waals surface area contributed by atoms with Gasteiger partial charge in [0.05, 0.1) is 0 Å². The Morgan fingerprint density at radius 3 is 2.40 bits per heavy atom. The molecule has 2 aromatic carbocycles. The van der Waals surface area contributed by atoms with E-state index >= 15 is 0 Å². The third kappa shape index (κ3) is 5.03. The van der Waals surface area contributed by atoms with Gasteiger partial charge in [-0.2, -0.15) is 0 Å². The minimum Gasteiger partial charge on any atom is -0.480 e. The Hall–Kier alpha value is -2.35. The highest BCUT2D eigenvalue weighted by molar-refractivity contribution is 6.40. The lowest BCUT2D eigenvalue weighted by Crippen LogP contribution is -2.61. The van der Waals surface area contributed by atoms with Crippen molar-refractivity contribution >= 4 is 18.8 Å². The third-order valence-electron chi connectivity index (χ3n) is 6.45. The molecule has 5 N–H and O–H groups in total. The molecule has 0 spiro atoms. The van der Waals surface area contributed by atoms with Crippen LogP contribution in [0.4, 0.5) is 5.69 Å². The van der Waals surface area contributed by atoms with E-state index in [0.717, 1.165) is 24.1 Å². The number of rotatable bonds is 10. The third-order valence-corrected chi connectivity index (χ3v) is 6.45. The molecule has 1 atom stereocenters. The van der Waals surface area contributed by atoms with Crippen molar-refractivity contribution in [1.82, 2.24) is 0 Å². The molecule has 30 heavy (non-hydrogen) atoms. The Morgan fingerprint density at radius 1 is 1.10 bits per heavy atom. The molecule has 2 aromatic rings. The van der Waals surface area contributed by atoms with Crippen LogP contribution in [0, 0.1) is 5.92 Å². The van der Waals surface area contributed by atoms with E-state index in [4.69, 9.17) is 15.8 Å². The van der Waals surface area contributed by atoms with Crippen LogP contribution in [0.15, 0.2) is 54.6 Å². The highest BCUT2D eigenvalue weighted by Crippen LogP contribution is 2.42. The fourth-order valence-electron chi connectivity index (χ4n) is 4.30. The zero-order valence-electron chi connectivity index (χ0n) is 17.4. The Morgan fingerprint density at radius 2 is 1.77 bits per heavy atom. The zero-order chi connectivity index (χ0) is 21.7. The van der Waals surface area contributed by atoms with Gasteiger partial charge in [-0.15, -0.1) is 0 Å². The van der Waals surface area contributed by atoms with Crippen LogP contribution in [-0.2, 0) is 4.79 Å². The number of hydrogen-bond acceptors (Lipinski definition) is 5. The van der Waals surface area contributed by atoms with Crippen LogP contribution < -0.4 is 10.6 Å². The molecule has 0 heterocycles. The first-order chi connectivity index (χ1) is 14.3. The molecule has 160 valence electrons. The minimum absolute atomic E-state index is 0.0844. The molecular weight excluding hydrogens is 379 g/mol. The average molecular weight is 410 g/mol. The summed E-state index contributed by atoms with van der Waals surface area (Å²) in [5.41, 5.74) is 8.49. The van der Waals surface area contributed by atoms with Crippen LogP contribution in [0.1, 0.15) is 32.1 Å². The maximum absolute atomic E-state index is 11.9. The van der Waals surface area contributed by atoms with E-state index in [0.29, 0.717) is 19.3 Å². The van der Waals surface area contributed by atoms with E-state index in [9.17, 15) is 9.90 Å². The monoisotopic (exact) mass is 410 g/mol. The lowest BCUT2D eigenvalue weighted by molar-refractivity contribution is -0.147. The molecule has 0 unspecified atom stereocenters. The summed E-state index contributed by atoms with van der Waals surface area (Å²) in [6.07, 6.45) is 3.17. The summed E-state index contributed by atoms with van der Waals surface area (Å²) in [6.45, 7) is 0. The van der Waals surface area contributed by atoms with Crippen molar-refractivity contribution in [2.45, 2.75) is 50.0 Å². The predicted octanol–water partition coefficient (Wildman–Crippen LogP) is 2.99. The molecule has 0 saturated heterocycles. The van der Waals surface area contributed by atoms with Gasteiger partial charge >= 0.3 is 13.1 Å². The van der Waals surface area contributed by atoms with Crippen LogP contribution in [-0.4, -0.2) is 46.9 Å². The number of benzene rings is 2. The molecular formula is C23H31BN2O4. The number of nitrogens with zero attached hydrogens (tertiary/aromatic N) is 1. The van der Waals surface area contributed by atoms with Crippen molar-refractivity contribution in [3.63, 3.8) is 0 Å². The van der Waals surface area contributed by atoms with E-state index in [1.54, 1.807) is 0 Å². The highest BCUT2D eigenvalue weighted by Gasteiger charge is 2.49. The maximum atomic E-state index is 11.9. The normalized spacial score (nSPS) is 20.1. The predicted molar refractivity (Wildman–Crippen MR) is 120 cm³/mol. The van der Waals surface area contributed by atoms with Crippen molar-refractivity contribution in [2.24, 2.45) is 11.7 Å². The second kappa shape index (κ2) is 9.64. The molecule has 6 nitrogen and oxygen atoms in total. The van der Waals surface area contributed by atoms with Gasteiger partial charge in [-0.3, -0.25) is 4.79 Å². The standard InChI is InChI=1S/C23H31BN2O4/c1-26(20-11-7-10-18(14-20)17-8-3-2-4-9-17)21-15-19(16-21)23(25,22(27)28)12-5-6-13-24(29)30/h2-4,7-11,14,19,21,29-30H,5-6,12-13,15-16,25H2,1H3,(H,27,28)/t19?,21?,23-/m0/s1. The summed E-state index contributed by atoms with van der Waals surface area (Å²) in [5.74, 6) is -1.05. The zero-order valence-corrected chi connectivity index (χ0v) is 17.4. The van der Waals surface area contributed by atoms with Crippen molar-refractivity contribution in [3.8, 4) is 11.1 Å². The molecule has 0 amide bonds. The molecule has 0 bridgehead atoms. The molecule has 1 aliphatic carbocycles. The number of nitrogens with two attached hydrogens (primary N) is 1. The maximum Gasteiger partial charge on any atom is 0.451 e. The largest absolute Gasteiger partial charge is 0.480 e. The van der Waals surface area contributed by atoms with Crippen molar-refractivity contribution in [2.75, 3.05) is 11.9 Å². The average Bonchev–Trinajstić information content (AvgIpc) is 2.70. The van der Waals surface area contributed by atoms with E-state index in [1.807, 2.05) is 31.3 Å². The van der Waals surface area contributed by atoms with Gasteiger partial charge in [0, 0.05) is 18.8 Å². The quantitative estimate of drug-likeness (QED) is 0.354. The van der Waals surface area contributed by atoms with E-state index < -0.39 is 18.6 Å². The highest BCUT2D eigenvalue weighted by atomic mass is 16.4. The van der Waals surface area contributed by atoms with Gasteiger partial charge in [0.1, 0.15) is 5.54 Å². The van der Waals surface area contributed by atoms with Crippen molar-refractivity contribution in [3.05, 3.63) is 54.6 Å². The number of anilines is 1. The molecule has 1 aliphatic rings. The van der Waals surface area contributed by atoms with Gasteiger partial charge < -0.3 is 25.8 Å². The molecule has 0 aliphatic heterocycles. The SMILES string of the molecule is CN(c1cccc(-c2ccccc2)c1)C1CC([C@@](N)(CCCCB(O)O)C(=O)O)C1. The molecule has 1 saturated carbocycles. The summed E-state index contributed by atoms with van der Waals surface area (Å²) < 4.78 is 0. The molecule has 0 aromatic heterocycles. The number of carbonyl (C=O) groups is 1. The van der Waals surface area contributed by atoms with Crippen molar-refractivity contribution in [1.29, 1.82) is 0 Å². The number of aliphatic carboxylic acids is 1. The molecule has 3 rings (SSSR count). The Labute approximate surface area is 178 Å². The first kappa shape index (κ1) is 22.3. The fourth-order valence-corrected chi connectivity index (χ4v) is 4.30. The smallest absolute Gasteiger partial charge is 0.451 e. The van der Waals surface area contributed by atoms with Crippen LogP contribution >= 0.6 is 0 Å². The van der Waals surface area contributed by atoms with Crippen LogP contribution in [0.25, 0.3) is 11.1 Å². The van der Waals surface area contributed by atoms with E-state index in [-0.39, 0.29) is 18.3 Å². The van der Waals surface area contributed by atoms with Gasteiger partial charge in [-0.1, -0.05) is 55.3 Å². The number of unbranched alkanes of at least 4 members (excludes halogenated alkanes) is 1. The number of carboxylic acids is 1. The summed E-state index contributed by atoms with van der Waals surface area (Å²) in [7, 11) is 0.697. The Balaban J connectivity index is 1.61. The lowest BCUT2D eigenvalue weighted by atomic mass is 9.65. The summed E-state index contributed by atoms with van der Waals surface area (Å²) in [6, 6.07) is 18.9. The van der Waals surface area contributed by atoms with Gasteiger partial charge in [-0.05, 0) is 54.8 Å². The molecule has 1 fully saturated rings.